The predicted octanol–water partition coefficient (Wildman–Crippen LogP) is 6.54. The lowest BCUT2D eigenvalue weighted by Gasteiger charge is -2.21. The molecule has 0 atom stereocenters. The lowest BCUT2D eigenvalue weighted by molar-refractivity contribution is 0.299. The van der Waals surface area contributed by atoms with Crippen LogP contribution in [0.2, 0.25) is 5.02 Å². The molecule has 4 N–H and O–H groups in total. The average Bonchev–Trinajstić information content (AvgIpc) is 3.44. The molecule has 9 nitrogen and oxygen atoms in total. The first-order valence-electron chi connectivity index (χ1n) is 15.2. The van der Waals surface area contributed by atoms with E-state index >= 15 is 0 Å². The van der Waals surface area contributed by atoms with Gasteiger partial charge >= 0.3 is 0 Å². The summed E-state index contributed by atoms with van der Waals surface area (Å²) in [5.74, 6) is 1.91. The molecule has 0 spiro atoms. The Morgan fingerprint density at radius 1 is 1.04 bits per heavy atom. The van der Waals surface area contributed by atoms with Gasteiger partial charge in [0.2, 0.25) is 10.2 Å². The van der Waals surface area contributed by atoms with E-state index in [0.29, 0.717) is 58.2 Å². The molecule has 3 aromatic carbocycles. The Balaban J connectivity index is 1.16. The number of nitrogens with zero attached hydrogens (tertiary/aromatic N) is 3. The largest absolute Gasteiger partial charge is 0.487 e. The fourth-order valence-electron chi connectivity index (χ4n) is 5.68. The van der Waals surface area contributed by atoms with Crippen LogP contribution in [0, 0.1) is 11.7 Å². The second-order valence-corrected chi connectivity index (χ2v) is 14.3. The quantitative estimate of drug-likeness (QED) is 0.111. The van der Waals surface area contributed by atoms with Gasteiger partial charge < -0.3 is 25.0 Å². The van der Waals surface area contributed by atoms with Crippen LogP contribution in [-0.2, 0) is 34.0 Å². The van der Waals surface area contributed by atoms with Gasteiger partial charge in [-0.05, 0) is 96.9 Å². The SMILES string of the molecule is O=[S+]1(O)CCC(CNCc2cn(-c3ccc4ncnc(Nc5ccc(OCc6cccc(F)c6)c(Cl)c5)c4c3)cc2CCO)CC1. The van der Waals surface area contributed by atoms with Crippen molar-refractivity contribution in [2.45, 2.75) is 32.4 Å². The monoisotopic (exact) mass is 664 g/mol. The van der Waals surface area contributed by atoms with Crippen molar-refractivity contribution >= 4 is 44.2 Å². The smallest absolute Gasteiger partial charge is 0.214 e. The Morgan fingerprint density at radius 2 is 1.87 bits per heavy atom. The minimum atomic E-state index is -2.63. The molecular formula is C34H36ClFN5O4S+. The van der Waals surface area contributed by atoms with Crippen molar-refractivity contribution in [3.63, 3.8) is 0 Å². The standard InChI is InChI=1S/C34H35ClFN5O4S/c35-31-15-28(4-7-33(31)45-21-24-2-1-3-27(36)14-24)40-34-30-16-29(5-6-32(30)38-22-39-34)41-19-25(8-11-42)26(20-41)18-37-17-23-9-12-46(43,44)13-10-23/h1-7,14-16,19-20,22-23,37,42H,8-13,17-18,21H2,(H-,38,39,40,43,44)/p+1. The maximum Gasteiger partial charge on any atom is 0.214 e. The Kier molecular flexibility index (Phi) is 9.95. The van der Waals surface area contributed by atoms with Crippen LogP contribution in [0.1, 0.15) is 29.5 Å². The number of halogens is 2. The van der Waals surface area contributed by atoms with Gasteiger partial charge in [0.1, 0.15) is 41.8 Å². The minimum Gasteiger partial charge on any atom is -0.487 e. The fourth-order valence-corrected chi connectivity index (χ4v) is 7.52. The van der Waals surface area contributed by atoms with Crippen molar-refractivity contribution in [3.8, 4) is 11.4 Å². The van der Waals surface area contributed by atoms with Gasteiger partial charge in [-0.25, -0.2) is 14.4 Å². The number of hydrogen-bond donors (Lipinski definition) is 4. The van der Waals surface area contributed by atoms with Gasteiger partial charge in [0.05, 0.1) is 10.5 Å². The summed E-state index contributed by atoms with van der Waals surface area (Å²) in [7, 11) is -2.63. The molecule has 3 heterocycles. The molecule has 0 unspecified atom stereocenters. The Bertz CT molecular complexity index is 1870. The number of aliphatic hydroxyl groups is 1. The number of rotatable bonds is 12. The van der Waals surface area contributed by atoms with E-state index in [1.165, 1.54) is 18.5 Å². The summed E-state index contributed by atoms with van der Waals surface area (Å²) in [5.41, 5.74) is 5.25. The van der Waals surface area contributed by atoms with Crippen LogP contribution < -0.4 is 15.4 Å². The topological polar surface area (TPSA) is 122 Å². The summed E-state index contributed by atoms with van der Waals surface area (Å²) in [6.07, 6.45) is 7.65. The number of fused-ring (bicyclic) bond motifs is 1. The molecule has 1 aliphatic rings. The molecule has 0 amide bonds. The first-order valence-corrected chi connectivity index (χ1v) is 17.4. The molecule has 0 bridgehead atoms. The average molecular weight is 665 g/mol. The zero-order valence-corrected chi connectivity index (χ0v) is 26.7. The molecule has 2 aromatic heterocycles. The first-order chi connectivity index (χ1) is 22.3. The highest BCUT2D eigenvalue weighted by Crippen LogP contribution is 2.32. The third kappa shape index (κ3) is 7.91. The summed E-state index contributed by atoms with van der Waals surface area (Å²) >= 11 is 6.53. The van der Waals surface area contributed by atoms with Gasteiger partial charge in [-0.2, -0.15) is 4.55 Å². The molecule has 5 aromatic rings. The van der Waals surface area contributed by atoms with Crippen molar-refractivity contribution in [3.05, 3.63) is 107 Å². The number of aliphatic hydroxyl groups excluding tert-OH is 1. The molecule has 1 fully saturated rings. The summed E-state index contributed by atoms with van der Waals surface area (Å²) < 4.78 is 43.0. The molecule has 0 aliphatic carbocycles. The van der Waals surface area contributed by atoms with Crippen LogP contribution in [0.15, 0.2) is 79.4 Å². The molecule has 1 saturated heterocycles. The van der Waals surface area contributed by atoms with Gasteiger partial charge in [-0.15, -0.1) is 0 Å². The summed E-state index contributed by atoms with van der Waals surface area (Å²) in [4.78, 5) is 8.95. The zero-order chi connectivity index (χ0) is 32.1. The minimum absolute atomic E-state index is 0.0430. The Labute approximate surface area is 273 Å². The first kappa shape index (κ1) is 32.1. The second-order valence-electron chi connectivity index (χ2n) is 11.6. The van der Waals surface area contributed by atoms with Gasteiger partial charge in [0.15, 0.2) is 0 Å². The van der Waals surface area contributed by atoms with Crippen LogP contribution in [-0.4, -0.2) is 48.9 Å². The van der Waals surface area contributed by atoms with Crippen molar-refractivity contribution in [2.24, 2.45) is 5.92 Å². The molecule has 1 aliphatic heterocycles. The van der Waals surface area contributed by atoms with E-state index in [0.717, 1.165) is 47.1 Å². The Morgan fingerprint density at radius 3 is 2.65 bits per heavy atom. The highest BCUT2D eigenvalue weighted by atomic mass is 35.5. The van der Waals surface area contributed by atoms with E-state index < -0.39 is 10.2 Å². The summed E-state index contributed by atoms with van der Waals surface area (Å²) in [5, 5.41) is 17.8. The highest BCUT2D eigenvalue weighted by molar-refractivity contribution is 7.97. The van der Waals surface area contributed by atoms with E-state index in [1.54, 1.807) is 24.3 Å². The molecule has 240 valence electrons. The number of benzene rings is 3. The van der Waals surface area contributed by atoms with Crippen molar-refractivity contribution < 1.29 is 23.0 Å². The van der Waals surface area contributed by atoms with E-state index in [2.05, 4.69) is 26.8 Å². The molecule has 0 saturated carbocycles. The lowest BCUT2D eigenvalue weighted by Crippen LogP contribution is -2.33. The number of ether oxygens (including phenoxy) is 1. The summed E-state index contributed by atoms with van der Waals surface area (Å²) in [6.45, 7) is 1.66. The number of hydrogen-bond acceptors (Lipinski definition) is 7. The summed E-state index contributed by atoms with van der Waals surface area (Å²) in [6, 6.07) is 17.6. The van der Waals surface area contributed by atoms with Gasteiger partial charge in [-0.1, -0.05) is 27.9 Å². The van der Waals surface area contributed by atoms with Gasteiger partial charge in [0, 0.05) is 42.3 Å². The van der Waals surface area contributed by atoms with E-state index in [1.807, 2.05) is 35.0 Å². The molecule has 0 radical (unpaired) electrons. The van der Waals surface area contributed by atoms with E-state index in [-0.39, 0.29) is 19.0 Å². The van der Waals surface area contributed by atoms with Crippen LogP contribution in [0.25, 0.3) is 16.6 Å². The van der Waals surface area contributed by atoms with Crippen LogP contribution in [0.4, 0.5) is 15.9 Å². The number of nitrogens with one attached hydrogen (secondary N) is 2. The third-order valence-corrected chi connectivity index (χ3v) is 10.3. The second kappa shape index (κ2) is 14.3. The van der Waals surface area contributed by atoms with Gasteiger partial charge in [0.25, 0.3) is 0 Å². The molecule has 6 rings (SSSR count). The third-order valence-electron chi connectivity index (χ3n) is 8.22. The van der Waals surface area contributed by atoms with E-state index in [9.17, 15) is 18.3 Å². The number of aromatic nitrogens is 3. The molecule has 46 heavy (non-hydrogen) atoms. The van der Waals surface area contributed by atoms with Crippen molar-refractivity contribution in [2.75, 3.05) is 30.0 Å². The highest BCUT2D eigenvalue weighted by Gasteiger charge is 2.32. The van der Waals surface area contributed by atoms with E-state index in [4.69, 9.17) is 16.3 Å². The maximum atomic E-state index is 13.5. The van der Waals surface area contributed by atoms with Gasteiger partial charge in [-0.3, -0.25) is 0 Å². The molecular weight excluding hydrogens is 629 g/mol. The molecule has 12 heteroatoms. The zero-order valence-electron chi connectivity index (χ0n) is 25.2. The van der Waals surface area contributed by atoms with Crippen LogP contribution >= 0.6 is 11.6 Å². The van der Waals surface area contributed by atoms with Crippen LogP contribution in [0.3, 0.4) is 0 Å². The van der Waals surface area contributed by atoms with Crippen molar-refractivity contribution in [1.29, 1.82) is 0 Å². The fraction of sp³-hybridized carbons (Fsp3) is 0.294. The Hall–Kier alpha value is -3.87. The normalized spacial score (nSPS) is 18.1. The predicted molar refractivity (Wildman–Crippen MR) is 180 cm³/mol. The lowest BCUT2D eigenvalue weighted by atomic mass is 10.0. The number of anilines is 2. The maximum absolute atomic E-state index is 13.5. The van der Waals surface area contributed by atoms with Crippen LogP contribution in [0.5, 0.6) is 5.75 Å². The van der Waals surface area contributed by atoms with Crippen molar-refractivity contribution in [1.82, 2.24) is 19.9 Å².